The first kappa shape index (κ1) is 76.6. The van der Waals surface area contributed by atoms with Crippen molar-refractivity contribution in [1.82, 2.24) is 0 Å². The molecule has 10 aromatic carbocycles. The highest BCUT2D eigenvalue weighted by Crippen LogP contribution is 2.45. The van der Waals surface area contributed by atoms with Crippen LogP contribution in [0.25, 0.3) is 56.7 Å². The van der Waals surface area contributed by atoms with Crippen molar-refractivity contribution in [3.8, 4) is 44.5 Å². The van der Waals surface area contributed by atoms with Crippen molar-refractivity contribution in [2.45, 2.75) is 45.2 Å². The van der Waals surface area contributed by atoms with Gasteiger partial charge >= 0.3 is 39.7 Å². The number of hydrogen-bond acceptors (Lipinski definition) is 0. The molecule has 0 saturated heterocycles. The molecule has 102 heavy (non-hydrogen) atoms. The second kappa shape index (κ2) is 28.3. The zero-order valence-electron chi connectivity index (χ0n) is 51.0. The molecule has 0 aromatic heterocycles. The highest BCUT2D eigenvalue weighted by Gasteiger charge is 2.56. The van der Waals surface area contributed by atoms with E-state index < -0.39 is 202 Å². The molecule has 10 aromatic rings. The van der Waals surface area contributed by atoms with Gasteiger partial charge in [0.2, 0.25) is 0 Å². The van der Waals surface area contributed by atoms with Gasteiger partial charge in [-0.2, -0.15) is 39.5 Å². The molecule has 0 amide bonds. The lowest BCUT2D eigenvalue weighted by molar-refractivity contribution is -0.597. The SMILES string of the molecule is C=Cc1ccc(-c2cc(-c3ccc(C=C)cc3)cc(-c3c(F)c(F)c(-c4c(F)c(F)c([B-](c5c(F)c(F)c(C(F)(F)F)c(F)c5F)(c5c(F)c(F)c(C(F)(F)F)c(F)c5F)c5c(F)c(F)c(C(F)(F)F)c(F)c5F)c(F)c4F)c(F)c3F)c2)cc1.Cc1ccc([I+]c2ccc(C(C)C)cc2)cc1. The fraction of sp³-hybridized carbons (Fsp3) is 0.0986. The Bertz CT molecular complexity index is 4610. The van der Waals surface area contributed by atoms with Gasteiger partial charge in [-0.3, -0.25) is 0 Å². The quantitative estimate of drug-likeness (QED) is 0.0467. The largest absolute Gasteiger partial charge is 0.422 e. The van der Waals surface area contributed by atoms with E-state index in [0.29, 0.717) is 17.0 Å². The van der Waals surface area contributed by atoms with Crippen molar-refractivity contribution in [3.63, 3.8) is 0 Å². The fourth-order valence-corrected chi connectivity index (χ4v) is 13.6. The predicted molar refractivity (Wildman–Crippen MR) is 315 cm³/mol. The van der Waals surface area contributed by atoms with Gasteiger partial charge in [0.05, 0.1) is 16.7 Å². The Morgan fingerprint density at radius 1 is 0.304 bits per heavy atom. The number of hydrogen-bond donors (Lipinski definition) is 0. The molecular weight excluding hydrogens is 1540 g/mol. The minimum atomic E-state index is -8.32. The predicted octanol–water partition coefficient (Wildman–Crippen LogP) is 18.1. The van der Waals surface area contributed by atoms with Gasteiger partial charge in [-0.1, -0.05) is 118 Å². The van der Waals surface area contributed by atoms with Crippen LogP contribution in [0.15, 0.2) is 128 Å². The molecular formula is C71H35BF29I. The lowest BCUT2D eigenvalue weighted by atomic mass is 9.12. The van der Waals surface area contributed by atoms with Gasteiger partial charge in [0.25, 0.3) is 0 Å². The molecule has 0 heterocycles. The second-order valence-electron chi connectivity index (χ2n) is 22.6. The van der Waals surface area contributed by atoms with Crippen LogP contribution < -0.4 is 43.1 Å². The minimum Gasteiger partial charge on any atom is -0.207 e. The van der Waals surface area contributed by atoms with Crippen LogP contribution in [0.2, 0.25) is 0 Å². The van der Waals surface area contributed by atoms with Gasteiger partial charge in [-0.15, -0.1) is 21.9 Å². The first-order valence-electron chi connectivity index (χ1n) is 28.6. The third-order valence-electron chi connectivity index (χ3n) is 16.2. The van der Waals surface area contributed by atoms with E-state index in [1.165, 1.54) is 85.0 Å². The summed E-state index contributed by atoms with van der Waals surface area (Å²) in [5, 5.41) is 0. The molecule has 532 valence electrons. The first-order valence-corrected chi connectivity index (χ1v) is 30.8. The Hall–Kier alpha value is -9.56. The van der Waals surface area contributed by atoms with Gasteiger partial charge in [-0.05, 0) is 99.8 Å². The van der Waals surface area contributed by atoms with E-state index in [-0.39, 0.29) is 43.5 Å². The molecule has 0 fully saturated rings. The number of alkyl halides is 9. The van der Waals surface area contributed by atoms with Crippen LogP contribution in [-0.4, -0.2) is 6.15 Å². The summed E-state index contributed by atoms with van der Waals surface area (Å²) in [6.45, 7) is 13.7. The van der Waals surface area contributed by atoms with E-state index in [2.05, 4.69) is 82.5 Å². The van der Waals surface area contributed by atoms with E-state index in [1.54, 1.807) is 0 Å². The topological polar surface area (TPSA) is 0 Å². The fourth-order valence-electron chi connectivity index (χ4n) is 11.4. The van der Waals surface area contributed by atoms with Gasteiger partial charge in [0, 0.05) is 0 Å². The molecule has 0 aliphatic carbocycles. The first-order chi connectivity index (χ1) is 47.5. The molecule has 0 unspecified atom stereocenters. The van der Waals surface area contributed by atoms with Crippen LogP contribution in [0, 0.1) is 130 Å². The molecule has 0 aliphatic heterocycles. The third-order valence-corrected chi connectivity index (χ3v) is 18.9. The zero-order chi connectivity index (χ0) is 75.8. The van der Waals surface area contributed by atoms with Crippen LogP contribution in [0.3, 0.4) is 0 Å². The molecule has 10 rings (SSSR count). The van der Waals surface area contributed by atoms with Crippen LogP contribution >= 0.6 is 0 Å². The molecule has 0 saturated carbocycles. The van der Waals surface area contributed by atoms with Crippen molar-refractivity contribution in [2.24, 2.45) is 0 Å². The highest BCUT2D eigenvalue weighted by atomic mass is 127. The maximum Gasteiger partial charge on any atom is 0.422 e. The summed E-state index contributed by atoms with van der Waals surface area (Å²) >= 11 is -0.0167. The maximum absolute atomic E-state index is 17.4. The summed E-state index contributed by atoms with van der Waals surface area (Å²) < 4.78 is 458. The lowest BCUT2D eigenvalue weighted by Gasteiger charge is -2.45. The van der Waals surface area contributed by atoms with Gasteiger partial charge in [0.15, 0.2) is 76.9 Å². The second-order valence-corrected chi connectivity index (χ2v) is 25.6. The van der Waals surface area contributed by atoms with Crippen LogP contribution in [0.1, 0.15) is 58.7 Å². The van der Waals surface area contributed by atoms with Crippen molar-refractivity contribution >= 4 is 40.1 Å². The smallest absolute Gasteiger partial charge is 0.207 e. The number of halogens is 30. The number of aryl methyl sites for hydroxylation is 1. The van der Waals surface area contributed by atoms with Crippen LogP contribution in [0.4, 0.5) is 127 Å². The Morgan fingerprint density at radius 2 is 0.549 bits per heavy atom. The van der Waals surface area contributed by atoms with Crippen molar-refractivity contribution in [1.29, 1.82) is 0 Å². The Morgan fingerprint density at radius 3 is 0.814 bits per heavy atom. The minimum absolute atomic E-state index is 0.0167. The zero-order valence-corrected chi connectivity index (χ0v) is 53.2. The monoisotopic (exact) mass is 1580 g/mol. The van der Waals surface area contributed by atoms with Gasteiger partial charge < -0.3 is 0 Å². The normalized spacial score (nSPS) is 12.1. The van der Waals surface area contributed by atoms with Gasteiger partial charge in [0.1, 0.15) is 69.4 Å². The molecule has 31 heteroatoms. The van der Waals surface area contributed by atoms with Gasteiger partial charge in [-0.25, -0.2) is 87.8 Å². The lowest BCUT2D eigenvalue weighted by Crippen LogP contribution is -3.61. The molecule has 0 nitrogen and oxygen atoms in total. The summed E-state index contributed by atoms with van der Waals surface area (Å²) in [4.78, 5) is 0. The van der Waals surface area contributed by atoms with E-state index in [0.717, 1.165) is 12.1 Å². The molecule has 0 spiro atoms. The summed E-state index contributed by atoms with van der Waals surface area (Å²) in [5.41, 5.74) is -34.9. The standard InChI is InChI=1S/C55H17BF29.C16H18I/c1-3-16-5-9-18(10-6-16)20-13-21(19-11-7-17(4-2)8-12-19)15-22(14-20)23-33(57)35(59)24(36(60)34(23)58)25-37(61)45(69)29(46(70)38(25)62)56(30-47(71)39(63)26(53(77,78)79)40(64)48(30)72,31-49(73)41(65)27(54(80,81)82)42(66)50(31)74)32-51(75)43(67)28(55(83,84)85)44(68)52(32)76;1-12(2)14-6-10-16(11-7-14)17-15-8-4-13(3)5-9-15/h3-15H,1-2H2;4-12H,1-3H3/q-1;+1. The highest BCUT2D eigenvalue weighted by molar-refractivity contribution is 7.20. The third kappa shape index (κ3) is 13.4. The average molecular weight is 1580 g/mol. The summed E-state index contributed by atoms with van der Waals surface area (Å²) in [7, 11) is 0. The molecule has 0 atom stereocenters. The van der Waals surface area contributed by atoms with E-state index in [1.807, 2.05) is 0 Å². The Labute approximate surface area is 566 Å². The number of benzene rings is 10. The molecule has 0 aliphatic rings. The summed E-state index contributed by atoms with van der Waals surface area (Å²) in [5.74, 6) is -81.2. The van der Waals surface area contributed by atoms with E-state index >= 15 is 87.8 Å². The molecule has 0 N–H and O–H groups in total. The molecule has 0 bridgehead atoms. The maximum atomic E-state index is 17.4. The Kier molecular flexibility index (Phi) is 21.3. The summed E-state index contributed by atoms with van der Waals surface area (Å²) in [6.07, 6.45) is -26.5. The van der Waals surface area contributed by atoms with E-state index in [4.69, 9.17) is 0 Å². The average Bonchev–Trinajstić information content (AvgIpc) is 0.675. The van der Waals surface area contributed by atoms with E-state index in [9.17, 15) is 39.5 Å². The molecule has 0 radical (unpaired) electrons. The van der Waals surface area contributed by atoms with Crippen LogP contribution in [-0.2, 0) is 18.5 Å². The van der Waals surface area contributed by atoms with Crippen LogP contribution in [0.5, 0.6) is 0 Å². The van der Waals surface area contributed by atoms with Crippen molar-refractivity contribution in [2.75, 3.05) is 0 Å². The Balaban J connectivity index is 0.000000619. The van der Waals surface area contributed by atoms with Crippen molar-refractivity contribution < 1.29 is 149 Å². The summed E-state index contributed by atoms with van der Waals surface area (Å²) in [6, 6.07) is 32.3. The van der Waals surface area contributed by atoms with Crippen molar-refractivity contribution in [3.05, 3.63) is 291 Å². The number of rotatable bonds is 13.